The monoisotopic (exact) mass is 598 g/mol. The van der Waals surface area contributed by atoms with E-state index >= 15 is 0 Å². The number of halogens is 1. The summed E-state index contributed by atoms with van der Waals surface area (Å²) in [5.74, 6) is 1.01. The fraction of sp³-hybridized carbons (Fsp3) is 0.548. The fourth-order valence-corrected chi connectivity index (χ4v) is 7.09. The zero-order chi connectivity index (χ0) is 29.2. The van der Waals surface area contributed by atoms with Crippen molar-refractivity contribution in [3.63, 3.8) is 0 Å². The van der Waals surface area contributed by atoms with Gasteiger partial charge in [0.2, 0.25) is 5.91 Å². The highest BCUT2D eigenvalue weighted by Crippen LogP contribution is 2.48. The molecular formula is C31H43ClN4O4Si. The van der Waals surface area contributed by atoms with Gasteiger partial charge < -0.3 is 19.7 Å². The van der Waals surface area contributed by atoms with E-state index in [0.29, 0.717) is 38.1 Å². The molecule has 1 saturated heterocycles. The topological polar surface area (TPSA) is 74.4 Å². The molecule has 3 aliphatic rings. The average Bonchev–Trinajstić information content (AvgIpc) is 3.17. The second kappa shape index (κ2) is 12.3. The first-order valence-corrected chi connectivity index (χ1v) is 18.8. The first-order chi connectivity index (χ1) is 19.6. The summed E-state index contributed by atoms with van der Waals surface area (Å²) >= 11 is 6.42. The summed E-state index contributed by atoms with van der Waals surface area (Å²) in [5.41, 5.74) is 3.86. The molecule has 222 valence electrons. The number of nitrogens with zero attached hydrogens (tertiary/aromatic N) is 3. The number of hydrogen-bond acceptors (Lipinski definition) is 5. The Balaban J connectivity index is 1.15. The number of piperidine rings is 1. The van der Waals surface area contributed by atoms with E-state index in [0.717, 1.165) is 61.9 Å². The second-order valence-corrected chi connectivity index (χ2v) is 18.7. The molecule has 0 unspecified atom stereocenters. The maximum Gasteiger partial charge on any atom is 0.317 e. The first kappa shape index (κ1) is 29.9. The molecule has 0 aromatic heterocycles. The van der Waals surface area contributed by atoms with Gasteiger partial charge in [-0.25, -0.2) is 4.79 Å². The van der Waals surface area contributed by atoms with Crippen LogP contribution in [0.1, 0.15) is 29.5 Å². The molecule has 41 heavy (non-hydrogen) atoms. The number of amides is 3. The third-order valence-electron chi connectivity index (χ3n) is 8.71. The van der Waals surface area contributed by atoms with Gasteiger partial charge in [-0.2, -0.15) is 0 Å². The summed E-state index contributed by atoms with van der Waals surface area (Å²) in [6, 6.07) is 13.0. The minimum absolute atomic E-state index is 0.0383. The van der Waals surface area contributed by atoms with E-state index < -0.39 is 13.5 Å². The van der Waals surface area contributed by atoms with Crippen molar-refractivity contribution in [3.05, 3.63) is 58.1 Å². The van der Waals surface area contributed by atoms with Crippen LogP contribution in [0.25, 0.3) is 0 Å². The number of rotatable bonds is 9. The Morgan fingerprint density at radius 1 is 1.05 bits per heavy atom. The van der Waals surface area contributed by atoms with Crippen molar-refractivity contribution < 1.29 is 19.1 Å². The average molecular weight is 599 g/mol. The highest BCUT2D eigenvalue weighted by atomic mass is 35.5. The molecule has 10 heteroatoms. The quantitative estimate of drug-likeness (QED) is 0.321. The maximum absolute atomic E-state index is 13.9. The molecular weight excluding hydrogens is 556 g/mol. The molecule has 1 fully saturated rings. The molecule has 5 rings (SSSR count). The number of likely N-dealkylation sites (tertiary alicyclic amines) is 1. The molecule has 1 spiro atoms. The van der Waals surface area contributed by atoms with Crippen molar-refractivity contribution >= 4 is 37.3 Å². The van der Waals surface area contributed by atoms with Crippen molar-refractivity contribution in [1.82, 2.24) is 15.1 Å². The highest BCUT2D eigenvalue weighted by Gasteiger charge is 2.52. The van der Waals surface area contributed by atoms with Gasteiger partial charge in [-0.1, -0.05) is 37.3 Å². The normalized spacial score (nSPS) is 18.4. The number of carbonyl (C=O) groups excluding carboxylic acids is 2. The van der Waals surface area contributed by atoms with Crippen molar-refractivity contribution in [1.29, 1.82) is 0 Å². The lowest BCUT2D eigenvalue weighted by Crippen LogP contribution is -2.49. The molecule has 3 amide bonds. The van der Waals surface area contributed by atoms with E-state index in [1.807, 2.05) is 34.1 Å². The molecule has 0 atom stereocenters. The third-order valence-corrected chi connectivity index (χ3v) is 10.7. The number of benzene rings is 2. The van der Waals surface area contributed by atoms with Crippen molar-refractivity contribution in [2.45, 2.75) is 56.9 Å². The van der Waals surface area contributed by atoms with Crippen LogP contribution in [0.2, 0.25) is 30.7 Å². The van der Waals surface area contributed by atoms with Crippen molar-refractivity contribution in [2.75, 3.05) is 58.1 Å². The van der Waals surface area contributed by atoms with Gasteiger partial charge in [0.15, 0.2) is 0 Å². The lowest BCUT2D eigenvalue weighted by molar-refractivity contribution is -0.126. The van der Waals surface area contributed by atoms with Crippen molar-refractivity contribution in [3.8, 4) is 5.75 Å². The maximum atomic E-state index is 13.9. The molecule has 0 saturated carbocycles. The largest absolute Gasteiger partial charge is 0.492 e. The molecule has 1 N–H and O–H groups in total. The standard InChI is InChI=1S/C31H43ClN4O4Si/c1-33-30(38)35-12-9-23-19-26(7-5-24(23)21-35)40-16-15-34-13-10-31(11-14-34)27-20-25(32)6-8-28(27)36(29(31)37)22-39-17-18-41(2,3)4/h5-8,19-20H,9-18,21-22H2,1-4H3,(H,33,38). The van der Waals surface area contributed by atoms with Crippen LogP contribution >= 0.6 is 11.6 Å². The van der Waals surface area contributed by atoms with Gasteiger partial charge in [-0.3, -0.25) is 14.6 Å². The number of fused-ring (bicyclic) bond motifs is 3. The van der Waals surface area contributed by atoms with E-state index in [1.165, 1.54) is 11.1 Å². The fourth-order valence-electron chi connectivity index (χ4n) is 6.16. The number of carbonyl (C=O) groups is 2. The minimum Gasteiger partial charge on any atom is -0.492 e. The van der Waals surface area contributed by atoms with Crippen LogP contribution in [0.15, 0.2) is 36.4 Å². The number of anilines is 1. The SMILES string of the molecule is CNC(=O)N1CCc2cc(OCCN3CCC4(CC3)C(=O)N(COCC[Si](C)(C)C)c3ccc(Cl)cc34)ccc2C1. The summed E-state index contributed by atoms with van der Waals surface area (Å²) in [5, 5.41) is 3.37. The van der Waals surface area contributed by atoms with Gasteiger partial charge in [0.05, 0.1) is 11.1 Å². The molecule has 3 aliphatic heterocycles. The van der Waals surface area contributed by atoms with Gasteiger partial charge in [-0.05, 0) is 85.4 Å². The number of nitrogens with one attached hydrogen (secondary N) is 1. The van der Waals surface area contributed by atoms with Crippen LogP contribution in [-0.4, -0.2) is 83.0 Å². The van der Waals surface area contributed by atoms with Gasteiger partial charge in [0, 0.05) is 46.4 Å². The molecule has 8 nitrogen and oxygen atoms in total. The Morgan fingerprint density at radius 3 is 2.56 bits per heavy atom. The predicted octanol–water partition coefficient (Wildman–Crippen LogP) is 5.11. The van der Waals surface area contributed by atoms with E-state index in [1.54, 1.807) is 7.05 Å². The molecule has 0 aliphatic carbocycles. The Bertz CT molecular complexity index is 1280. The number of hydrogen-bond donors (Lipinski definition) is 1. The van der Waals surface area contributed by atoms with E-state index in [2.05, 4.69) is 42.0 Å². The van der Waals surface area contributed by atoms with E-state index in [9.17, 15) is 9.59 Å². The van der Waals surface area contributed by atoms with E-state index in [4.69, 9.17) is 21.1 Å². The van der Waals surface area contributed by atoms with E-state index in [-0.39, 0.29) is 11.9 Å². The first-order valence-electron chi connectivity index (χ1n) is 14.7. The summed E-state index contributed by atoms with van der Waals surface area (Å²) in [7, 11) is 0.464. The Labute approximate surface area is 249 Å². The molecule has 0 bridgehead atoms. The zero-order valence-electron chi connectivity index (χ0n) is 24.8. The van der Waals surface area contributed by atoms with Crippen LogP contribution in [0.3, 0.4) is 0 Å². The lowest BCUT2D eigenvalue weighted by Gasteiger charge is -2.38. The zero-order valence-corrected chi connectivity index (χ0v) is 26.6. The molecule has 0 radical (unpaired) electrons. The van der Waals surface area contributed by atoms with Crippen LogP contribution < -0.4 is 15.0 Å². The molecule has 3 heterocycles. The molecule has 2 aromatic carbocycles. The summed E-state index contributed by atoms with van der Waals surface area (Å²) in [4.78, 5) is 31.9. The third kappa shape index (κ3) is 6.58. The number of urea groups is 1. The predicted molar refractivity (Wildman–Crippen MR) is 166 cm³/mol. The second-order valence-electron chi connectivity index (χ2n) is 12.7. The van der Waals surface area contributed by atoms with Crippen LogP contribution in [-0.2, 0) is 27.9 Å². The summed E-state index contributed by atoms with van der Waals surface area (Å²) < 4.78 is 12.2. The smallest absolute Gasteiger partial charge is 0.317 e. The Kier molecular flexibility index (Phi) is 8.99. The number of ether oxygens (including phenoxy) is 2. The van der Waals surface area contributed by atoms with Gasteiger partial charge in [-0.15, -0.1) is 0 Å². The summed E-state index contributed by atoms with van der Waals surface area (Å²) in [6.07, 6.45) is 2.34. The van der Waals surface area contributed by atoms with Gasteiger partial charge in [0.25, 0.3) is 0 Å². The van der Waals surface area contributed by atoms with Crippen molar-refractivity contribution in [2.24, 2.45) is 0 Å². The Hall–Kier alpha value is -2.59. The van der Waals surface area contributed by atoms with Gasteiger partial charge in [0.1, 0.15) is 19.1 Å². The van der Waals surface area contributed by atoms with Crippen LogP contribution in [0.5, 0.6) is 5.75 Å². The minimum atomic E-state index is -1.20. The summed E-state index contributed by atoms with van der Waals surface area (Å²) in [6.45, 7) is 12.3. The van der Waals surface area contributed by atoms with Crippen LogP contribution in [0.4, 0.5) is 10.5 Å². The Morgan fingerprint density at radius 2 is 1.83 bits per heavy atom. The van der Waals surface area contributed by atoms with Crippen LogP contribution in [0, 0.1) is 0 Å². The highest BCUT2D eigenvalue weighted by molar-refractivity contribution is 6.76. The molecule has 2 aromatic rings. The lowest BCUT2D eigenvalue weighted by atomic mass is 9.73. The van der Waals surface area contributed by atoms with Gasteiger partial charge >= 0.3 is 6.03 Å².